The first-order valence-corrected chi connectivity index (χ1v) is 15.4. The molecule has 2 amide bonds. The lowest BCUT2D eigenvalue weighted by Gasteiger charge is -2.33. The highest BCUT2D eigenvalue weighted by atomic mass is 35.5. The molecule has 1 fully saturated rings. The molecule has 1 atom stereocenters. The number of halogens is 1. The maximum absolute atomic E-state index is 14.1. The number of aryl methyl sites for hydroxylation is 2. The van der Waals surface area contributed by atoms with E-state index in [9.17, 15) is 18.0 Å². The van der Waals surface area contributed by atoms with Gasteiger partial charge in [-0.2, -0.15) is 0 Å². The molecule has 9 heteroatoms. The van der Waals surface area contributed by atoms with Crippen molar-refractivity contribution in [1.29, 1.82) is 0 Å². The fourth-order valence-corrected chi connectivity index (χ4v) is 6.53. The molecule has 1 saturated carbocycles. The average Bonchev–Trinajstić information content (AvgIpc) is 3.46. The normalized spacial score (nSPS) is 14.5. The molecule has 4 rings (SSSR count). The molecule has 3 aromatic rings. The van der Waals surface area contributed by atoms with Crippen LogP contribution >= 0.6 is 11.6 Å². The highest BCUT2D eigenvalue weighted by Crippen LogP contribution is 2.29. The van der Waals surface area contributed by atoms with Crippen LogP contribution in [-0.4, -0.2) is 43.8 Å². The minimum Gasteiger partial charge on any atom is -0.352 e. The Balaban J connectivity index is 1.70. The van der Waals surface area contributed by atoms with E-state index < -0.39 is 28.5 Å². The molecule has 1 N–H and O–H groups in total. The summed E-state index contributed by atoms with van der Waals surface area (Å²) in [4.78, 5) is 28.9. The van der Waals surface area contributed by atoms with Gasteiger partial charge in [-0.3, -0.25) is 13.9 Å². The van der Waals surface area contributed by atoms with Gasteiger partial charge in [-0.25, -0.2) is 8.42 Å². The van der Waals surface area contributed by atoms with E-state index in [0.29, 0.717) is 5.02 Å². The summed E-state index contributed by atoms with van der Waals surface area (Å²) >= 11 is 6.38. The van der Waals surface area contributed by atoms with Gasteiger partial charge in [0.2, 0.25) is 11.8 Å². The Morgan fingerprint density at radius 2 is 1.60 bits per heavy atom. The zero-order chi connectivity index (χ0) is 28.9. The molecular weight excluding hydrogens is 546 g/mol. The summed E-state index contributed by atoms with van der Waals surface area (Å²) in [5.74, 6) is -0.738. The summed E-state index contributed by atoms with van der Waals surface area (Å²) in [5.41, 5.74) is 2.91. The Kier molecular flexibility index (Phi) is 9.53. The van der Waals surface area contributed by atoms with Gasteiger partial charge in [0.05, 0.1) is 10.6 Å². The third-order valence-electron chi connectivity index (χ3n) is 7.52. The number of hydrogen-bond donors (Lipinski definition) is 1. The maximum atomic E-state index is 14.1. The lowest BCUT2D eigenvalue weighted by atomic mass is 10.1. The van der Waals surface area contributed by atoms with Crippen molar-refractivity contribution in [2.24, 2.45) is 0 Å². The topological polar surface area (TPSA) is 86.8 Å². The van der Waals surface area contributed by atoms with E-state index in [0.717, 1.165) is 46.7 Å². The minimum absolute atomic E-state index is 0.0528. The molecule has 0 unspecified atom stereocenters. The number of rotatable bonds is 10. The number of anilines is 1. The molecule has 0 saturated heterocycles. The van der Waals surface area contributed by atoms with Gasteiger partial charge in [-0.05, 0) is 74.6 Å². The first-order chi connectivity index (χ1) is 19.1. The van der Waals surface area contributed by atoms with E-state index in [2.05, 4.69) is 5.32 Å². The van der Waals surface area contributed by atoms with E-state index in [4.69, 9.17) is 11.6 Å². The van der Waals surface area contributed by atoms with Gasteiger partial charge in [0, 0.05) is 17.6 Å². The minimum atomic E-state index is -4.13. The van der Waals surface area contributed by atoms with Gasteiger partial charge in [0.1, 0.15) is 12.6 Å². The first-order valence-electron chi connectivity index (χ1n) is 13.6. The van der Waals surface area contributed by atoms with E-state index in [1.165, 1.54) is 17.0 Å². The molecule has 212 valence electrons. The molecule has 0 aromatic heterocycles. The van der Waals surface area contributed by atoms with Crippen LogP contribution in [0.25, 0.3) is 0 Å². The van der Waals surface area contributed by atoms with Gasteiger partial charge in [-0.1, -0.05) is 73.0 Å². The third-order valence-corrected chi connectivity index (χ3v) is 9.72. The van der Waals surface area contributed by atoms with Crippen LogP contribution < -0.4 is 9.62 Å². The van der Waals surface area contributed by atoms with Crippen molar-refractivity contribution < 1.29 is 18.0 Å². The van der Waals surface area contributed by atoms with Crippen LogP contribution in [0.4, 0.5) is 5.69 Å². The summed E-state index contributed by atoms with van der Waals surface area (Å²) in [6.07, 6.45) is 3.97. The number of sulfonamides is 1. The van der Waals surface area contributed by atoms with Gasteiger partial charge in [-0.15, -0.1) is 0 Å². The SMILES string of the molecule is Cc1ccc(N(CC(=O)N(Cc2ccccc2C)[C@@H](C)C(=O)NC2CCCC2)S(=O)(=O)c2ccccc2)cc1Cl. The number of hydrogen-bond acceptors (Lipinski definition) is 4. The third kappa shape index (κ3) is 6.85. The number of nitrogens with one attached hydrogen (secondary N) is 1. The zero-order valence-electron chi connectivity index (χ0n) is 23.1. The van der Waals surface area contributed by atoms with Gasteiger partial charge in [0.25, 0.3) is 10.0 Å². The van der Waals surface area contributed by atoms with Crippen LogP contribution in [0, 0.1) is 13.8 Å². The summed E-state index contributed by atoms with van der Waals surface area (Å²) < 4.78 is 28.8. The predicted molar refractivity (Wildman–Crippen MR) is 159 cm³/mol. The molecule has 0 heterocycles. The van der Waals surface area contributed by atoms with Crippen molar-refractivity contribution >= 4 is 39.1 Å². The molecule has 1 aliphatic carbocycles. The summed E-state index contributed by atoms with van der Waals surface area (Å²) in [6.45, 7) is 5.13. The van der Waals surface area contributed by atoms with E-state index in [-0.39, 0.29) is 29.1 Å². The number of nitrogens with zero attached hydrogens (tertiary/aromatic N) is 2. The summed E-state index contributed by atoms with van der Waals surface area (Å²) in [5, 5.41) is 3.48. The predicted octanol–water partition coefficient (Wildman–Crippen LogP) is 5.63. The molecule has 0 aliphatic heterocycles. The Morgan fingerprint density at radius 1 is 0.950 bits per heavy atom. The van der Waals surface area contributed by atoms with Crippen molar-refractivity contribution in [3.05, 3.63) is 94.5 Å². The van der Waals surface area contributed by atoms with Crippen LogP contribution in [-0.2, 0) is 26.2 Å². The van der Waals surface area contributed by atoms with Crippen LogP contribution in [0.2, 0.25) is 5.02 Å². The van der Waals surface area contributed by atoms with Crippen molar-refractivity contribution in [2.75, 3.05) is 10.8 Å². The quantitative estimate of drug-likeness (QED) is 0.336. The molecule has 1 aliphatic rings. The highest BCUT2D eigenvalue weighted by molar-refractivity contribution is 7.92. The Labute approximate surface area is 242 Å². The Morgan fingerprint density at radius 3 is 2.25 bits per heavy atom. The summed E-state index contributed by atoms with van der Waals surface area (Å²) in [6, 6.07) is 19.8. The fourth-order valence-electron chi connectivity index (χ4n) is 4.93. The highest BCUT2D eigenvalue weighted by Gasteiger charge is 2.33. The standard InChI is InChI=1S/C31H36ClN3O4S/c1-22-11-7-8-12-25(22)20-34(24(3)31(37)33-26-13-9-10-14-26)30(36)21-35(27-18-17-23(2)29(32)19-27)40(38,39)28-15-5-4-6-16-28/h4-8,11-12,15-19,24,26H,9-10,13-14,20-21H2,1-3H3,(H,33,37)/t24-/m0/s1. The van der Waals surface area contributed by atoms with E-state index in [1.807, 2.05) is 38.1 Å². The molecular formula is C31H36ClN3O4S. The number of benzene rings is 3. The second-order valence-electron chi connectivity index (χ2n) is 10.4. The second kappa shape index (κ2) is 12.9. The molecule has 0 bridgehead atoms. The van der Waals surface area contributed by atoms with Crippen LogP contribution in [0.15, 0.2) is 77.7 Å². The second-order valence-corrected chi connectivity index (χ2v) is 12.6. The van der Waals surface area contributed by atoms with E-state index >= 15 is 0 Å². The number of amides is 2. The first kappa shape index (κ1) is 29.6. The molecule has 0 spiro atoms. The largest absolute Gasteiger partial charge is 0.352 e. The van der Waals surface area contributed by atoms with Gasteiger partial charge in [0.15, 0.2) is 0 Å². The maximum Gasteiger partial charge on any atom is 0.264 e. The monoisotopic (exact) mass is 581 g/mol. The zero-order valence-corrected chi connectivity index (χ0v) is 24.7. The van der Waals surface area contributed by atoms with Crippen molar-refractivity contribution in [3.8, 4) is 0 Å². The lowest BCUT2D eigenvalue weighted by molar-refractivity contribution is -0.139. The van der Waals surface area contributed by atoms with Crippen molar-refractivity contribution in [1.82, 2.24) is 10.2 Å². The molecule has 0 radical (unpaired) electrons. The Hall–Kier alpha value is -3.36. The fraction of sp³-hybridized carbons (Fsp3) is 0.355. The Bertz CT molecular complexity index is 1460. The van der Waals surface area contributed by atoms with Gasteiger partial charge < -0.3 is 10.2 Å². The van der Waals surface area contributed by atoms with Crippen LogP contribution in [0.3, 0.4) is 0 Å². The van der Waals surface area contributed by atoms with Crippen molar-refractivity contribution in [3.63, 3.8) is 0 Å². The van der Waals surface area contributed by atoms with Crippen molar-refractivity contribution in [2.45, 2.75) is 70.0 Å². The average molecular weight is 582 g/mol. The molecule has 40 heavy (non-hydrogen) atoms. The van der Waals surface area contributed by atoms with E-state index in [1.54, 1.807) is 43.3 Å². The van der Waals surface area contributed by atoms with Gasteiger partial charge >= 0.3 is 0 Å². The van der Waals surface area contributed by atoms with Crippen LogP contribution in [0.5, 0.6) is 0 Å². The van der Waals surface area contributed by atoms with Crippen LogP contribution in [0.1, 0.15) is 49.3 Å². The summed E-state index contributed by atoms with van der Waals surface area (Å²) in [7, 11) is -4.13. The lowest BCUT2D eigenvalue weighted by Crippen LogP contribution is -2.52. The smallest absolute Gasteiger partial charge is 0.264 e. The number of carbonyl (C=O) groups excluding carboxylic acids is 2. The molecule has 3 aromatic carbocycles. The number of carbonyl (C=O) groups is 2. The molecule has 7 nitrogen and oxygen atoms in total.